The molecule has 0 spiro atoms. The summed E-state index contributed by atoms with van der Waals surface area (Å²) in [6, 6.07) is 2.43. The van der Waals surface area contributed by atoms with Crippen LogP contribution in [0, 0.1) is 0 Å². The van der Waals surface area contributed by atoms with E-state index < -0.39 is 12.0 Å². The van der Waals surface area contributed by atoms with E-state index in [1.165, 1.54) is 6.26 Å². The molecule has 1 aromatic heterocycles. The van der Waals surface area contributed by atoms with Crippen LogP contribution in [0.25, 0.3) is 0 Å². The van der Waals surface area contributed by atoms with Crippen molar-refractivity contribution in [1.29, 1.82) is 0 Å². The first-order chi connectivity index (χ1) is 8.13. The molecule has 17 heavy (non-hydrogen) atoms. The van der Waals surface area contributed by atoms with Crippen molar-refractivity contribution in [3.8, 4) is 0 Å². The summed E-state index contributed by atoms with van der Waals surface area (Å²) in [7, 11) is 0. The number of furan rings is 1. The van der Waals surface area contributed by atoms with Crippen molar-refractivity contribution in [2.45, 2.75) is 25.3 Å². The lowest BCUT2D eigenvalue weighted by Gasteiger charge is -2.12. The number of aliphatic hydroxyl groups is 1. The molecule has 0 radical (unpaired) electrons. The molecule has 1 aromatic rings. The van der Waals surface area contributed by atoms with E-state index in [0.29, 0.717) is 12.2 Å². The molecular formula is C11H15NO5. The molecule has 0 aliphatic carbocycles. The second kappa shape index (κ2) is 6.70. The fourth-order valence-corrected chi connectivity index (χ4v) is 1.34. The third-order valence-electron chi connectivity index (χ3n) is 2.23. The van der Waals surface area contributed by atoms with Gasteiger partial charge in [0.1, 0.15) is 11.8 Å². The Hall–Kier alpha value is -1.82. The van der Waals surface area contributed by atoms with Gasteiger partial charge in [-0.25, -0.2) is 4.79 Å². The smallest absolute Gasteiger partial charge is 0.326 e. The molecule has 3 N–H and O–H groups in total. The van der Waals surface area contributed by atoms with Crippen molar-refractivity contribution in [3.63, 3.8) is 0 Å². The van der Waals surface area contributed by atoms with E-state index in [9.17, 15) is 9.59 Å². The van der Waals surface area contributed by atoms with Crippen LogP contribution in [0.3, 0.4) is 0 Å². The molecule has 1 heterocycles. The van der Waals surface area contributed by atoms with Gasteiger partial charge in [0.2, 0.25) is 5.91 Å². The van der Waals surface area contributed by atoms with Gasteiger partial charge in [-0.3, -0.25) is 4.79 Å². The molecule has 0 aliphatic rings. The second-order valence-electron chi connectivity index (χ2n) is 3.55. The summed E-state index contributed by atoms with van der Waals surface area (Å²) in [5, 5.41) is 19.7. The van der Waals surface area contributed by atoms with Gasteiger partial charge < -0.3 is 19.9 Å². The number of amides is 1. The maximum absolute atomic E-state index is 11.4. The molecule has 0 saturated carbocycles. The Kier molecular flexibility index (Phi) is 5.22. The van der Waals surface area contributed by atoms with Crippen LogP contribution >= 0.6 is 0 Å². The van der Waals surface area contributed by atoms with Crippen LogP contribution in [0.5, 0.6) is 0 Å². The van der Waals surface area contributed by atoms with E-state index >= 15 is 0 Å². The lowest BCUT2D eigenvalue weighted by atomic mass is 10.2. The van der Waals surface area contributed by atoms with Crippen molar-refractivity contribution in [1.82, 2.24) is 5.32 Å². The maximum atomic E-state index is 11.4. The first-order valence-corrected chi connectivity index (χ1v) is 5.29. The number of aliphatic carboxylic acids is 1. The molecule has 6 heteroatoms. The summed E-state index contributed by atoms with van der Waals surface area (Å²) in [5.74, 6) is -0.846. The van der Waals surface area contributed by atoms with Gasteiger partial charge in [-0.15, -0.1) is 0 Å². The van der Waals surface area contributed by atoms with Crippen molar-refractivity contribution < 1.29 is 24.2 Å². The number of carbonyl (C=O) groups is 2. The summed E-state index contributed by atoms with van der Waals surface area (Å²) in [6.45, 7) is -0.282. The van der Waals surface area contributed by atoms with Crippen molar-refractivity contribution in [2.24, 2.45) is 0 Å². The molecule has 1 rings (SSSR count). The summed E-state index contributed by atoms with van der Waals surface area (Å²) in [4.78, 5) is 22.1. The summed E-state index contributed by atoms with van der Waals surface area (Å²) in [5.41, 5.74) is 0. The normalized spacial score (nSPS) is 12.1. The molecule has 0 unspecified atom stereocenters. The monoisotopic (exact) mass is 241 g/mol. The van der Waals surface area contributed by atoms with Crippen LogP contribution in [0.4, 0.5) is 0 Å². The Morgan fingerprint density at radius 2 is 2.24 bits per heavy atom. The van der Waals surface area contributed by atoms with Gasteiger partial charge in [0.25, 0.3) is 0 Å². The Balaban J connectivity index is 2.34. The fraction of sp³-hybridized carbons (Fsp3) is 0.455. The molecule has 1 amide bonds. The zero-order valence-corrected chi connectivity index (χ0v) is 9.26. The van der Waals surface area contributed by atoms with Gasteiger partial charge in [-0.05, 0) is 12.1 Å². The van der Waals surface area contributed by atoms with Crippen LogP contribution < -0.4 is 5.32 Å². The van der Waals surface area contributed by atoms with E-state index in [1.807, 2.05) is 0 Å². The number of carbonyl (C=O) groups excluding carboxylic acids is 1. The molecule has 0 saturated heterocycles. The minimum Gasteiger partial charge on any atom is -0.480 e. The Morgan fingerprint density at radius 1 is 1.47 bits per heavy atom. The number of hydrogen-bond donors (Lipinski definition) is 3. The highest BCUT2D eigenvalue weighted by molar-refractivity contribution is 5.83. The molecule has 0 fully saturated rings. The van der Waals surface area contributed by atoms with Gasteiger partial charge in [-0.1, -0.05) is 0 Å². The van der Waals surface area contributed by atoms with Crippen LogP contribution in [0.15, 0.2) is 22.8 Å². The standard InChI is InChI=1S/C11H15NO5/c13-6-5-9(11(15)16)12-10(14)4-3-8-2-1-7-17-8/h1-2,7,9,13H,3-6H2,(H,12,14)(H,15,16)/t9-/m0/s1. The van der Waals surface area contributed by atoms with Gasteiger partial charge in [0, 0.05) is 25.9 Å². The van der Waals surface area contributed by atoms with Crippen LogP contribution in [0.2, 0.25) is 0 Å². The first-order valence-electron chi connectivity index (χ1n) is 5.29. The average Bonchev–Trinajstić information content (AvgIpc) is 2.78. The highest BCUT2D eigenvalue weighted by Gasteiger charge is 2.18. The number of rotatable bonds is 7. The van der Waals surface area contributed by atoms with Gasteiger partial charge in [-0.2, -0.15) is 0 Å². The topological polar surface area (TPSA) is 99.8 Å². The summed E-state index contributed by atoms with van der Waals surface area (Å²) >= 11 is 0. The molecule has 0 bridgehead atoms. The molecule has 0 aromatic carbocycles. The van der Waals surface area contributed by atoms with Crippen LogP contribution in [0.1, 0.15) is 18.6 Å². The Morgan fingerprint density at radius 3 is 2.76 bits per heavy atom. The highest BCUT2D eigenvalue weighted by Crippen LogP contribution is 2.03. The SMILES string of the molecule is O=C(CCc1ccco1)N[C@@H](CCO)C(=O)O. The second-order valence-corrected chi connectivity index (χ2v) is 3.55. The number of aliphatic hydroxyl groups excluding tert-OH is 1. The minimum atomic E-state index is -1.15. The Labute approximate surface area is 98.2 Å². The predicted molar refractivity (Wildman–Crippen MR) is 58.3 cm³/mol. The van der Waals surface area contributed by atoms with Crippen LogP contribution in [-0.2, 0) is 16.0 Å². The van der Waals surface area contributed by atoms with E-state index in [4.69, 9.17) is 14.6 Å². The summed E-state index contributed by atoms with van der Waals surface area (Å²) < 4.78 is 5.05. The maximum Gasteiger partial charge on any atom is 0.326 e. The predicted octanol–water partition coefficient (Wildman–Crippen LogP) is 0.164. The van der Waals surface area contributed by atoms with E-state index in [2.05, 4.69) is 5.32 Å². The highest BCUT2D eigenvalue weighted by atomic mass is 16.4. The number of hydrogen-bond acceptors (Lipinski definition) is 4. The molecular weight excluding hydrogens is 226 g/mol. The van der Waals surface area contributed by atoms with Crippen molar-refractivity contribution >= 4 is 11.9 Å². The number of carboxylic acid groups (broad SMARTS) is 1. The number of aryl methyl sites for hydroxylation is 1. The van der Waals surface area contributed by atoms with Gasteiger partial charge in [0.15, 0.2) is 0 Å². The number of nitrogens with one attached hydrogen (secondary N) is 1. The average molecular weight is 241 g/mol. The fourth-order valence-electron chi connectivity index (χ4n) is 1.34. The Bertz CT molecular complexity index is 360. The van der Waals surface area contributed by atoms with Crippen molar-refractivity contribution in [3.05, 3.63) is 24.2 Å². The first kappa shape index (κ1) is 13.2. The van der Waals surface area contributed by atoms with E-state index in [-0.39, 0.29) is 25.4 Å². The molecule has 6 nitrogen and oxygen atoms in total. The van der Waals surface area contributed by atoms with Gasteiger partial charge >= 0.3 is 5.97 Å². The minimum absolute atomic E-state index is 0.00181. The quantitative estimate of drug-likeness (QED) is 0.631. The lowest BCUT2D eigenvalue weighted by Crippen LogP contribution is -2.41. The third-order valence-corrected chi connectivity index (χ3v) is 2.23. The largest absolute Gasteiger partial charge is 0.480 e. The van der Waals surface area contributed by atoms with E-state index in [1.54, 1.807) is 12.1 Å². The van der Waals surface area contributed by atoms with E-state index in [0.717, 1.165) is 0 Å². The van der Waals surface area contributed by atoms with Crippen LogP contribution in [-0.4, -0.2) is 34.7 Å². The molecule has 1 atom stereocenters. The third kappa shape index (κ3) is 4.69. The molecule has 0 aliphatic heterocycles. The zero-order valence-electron chi connectivity index (χ0n) is 9.26. The van der Waals surface area contributed by atoms with Crippen molar-refractivity contribution in [2.75, 3.05) is 6.61 Å². The molecule has 94 valence electrons. The van der Waals surface area contributed by atoms with Gasteiger partial charge in [0.05, 0.1) is 6.26 Å². The lowest BCUT2D eigenvalue weighted by molar-refractivity contribution is -0.142. The zero-order chi connectivity index (χ0) is 12.7. The number of carboxylic acids is 1. The summed E-state index contributed by atoms with van der Waals surface area (Å²) in [6.07, 6.45) is 2.09.